The van der Waals surface area contributed by atoms with Crippen molar-refractivity contribution in [3.05, 3.63) is 12.2 Å². The van der Waals surface area contributed by atoms with Gasteiger partial charge in [0.15, 0.2) is 0 Å². The van der Waals surface area contributed by atoms with Crippen LogP contribution in [0.3, 0.4) is 0 Å². The number of rotatable bonds is 6. The molecule has 33 heavy (non-hydrogen) atoms. The predicted octanol–water partition coefficient (Wildman–Crippen LogP) is 12.1. The van der Waals surface area contributed by atoms with Crippen LogP contribution in [0.4, 0.5) is 0 Å². The molecule has 0 amide bonds. The molecular weight excluding hydrogens is 396 g/mol. The summed E-state index contributed by atoms with van der Waals surface area (Å²) in [6.07, 6.45) is 17.5. The Morgan fingerprint density at radius 3 is 1.88 bits per heavy atom. The molecule has 0 aromatic heterocycles. The summed E-state index contributed by atoms with van der Waals surface area (Å²) >= 11 is 0. The summed E-state index contributed by atoms with van der Waals surface area (Å²) in [7, 11) is 0. The van der Waals surface area contributed by atoms with Crippen LogP contribution in [0.5, 0.6) is 0 Å². The Hall–Kier alpha value is -0.260. The molecule has 0 saturated heterocycles. The van der Waals surface area contributed by atoms with Crippen LogP contribution in [0.1, 0.15) is 161 Å². The lowest BCUT2D eigenvalue weighted by Gasteiger charge is -2.56. The van der Waals surface area contributed by atoms with Gasteiger partial charge in [-0.15, -0.1) is 6.58 Å². The van der Waals surface area contributed by atoms with E-state index in [1.165, 1.54) is 82.6 Å². The zero-order chi connectivity index (χ0) is 24.9. The molecule has 0 aliphatic heterocycles. The lowest BCUT2D eigenvalue weighted by molar-refractivity contribution is -0.0709. The molecule has 7 unspecified atom stereocenters. The van der Waals surface area contributed by atoms with Gasteiger partial charge in [0, 0.05) is 0 Å². The van der Waals surface area contributed by atoms with E-state index < -0.39 is 0 Å². The second-order valence-electron chi connectivity index (χ2n) is 11.1. The lowest BCUT2D eigenvalue weighted by Crippen LogP contribution is -2.48. The van der Waals surface area contributed by atoms with Crippen molar-refractivity contribution in [3.63, 3.8) is 0 Å². The van der Waals surface area contributed by atoms with E-state index >= 15 is 0 Å². The second kappa shape index (κ2) is 17.2. The molecule has 0 heteroatoms. The highest BCUT2D eigenvalue weighted by atomic mass is 14.6. The Labute approximate surface area is 213 Å². The van der Waals surface area contributed by atoms with Crippen molar-refractivity contribution < 1.29 is 0 Å². The molecule has 0 spiro atoms. The molecule has 0 N–H and O–H groups in total. The Morgan fingerprint density at radius 1 is 0.788 bits per heavy atom. The van der Waals surface area contributed by atoms with Gasteiger partial charge in [-0.05, 0) is 105 Å². The van der Waals surface area contributed by atoms with Gasteiger partial charge in [0.25, 0.3) is 0 Å². The zero-order valence-electron chi connectivity index (χ0n) is 24.6. The Bertz CT molecular complexity index is 490. The SMILES string of the molecule is C.C=C(C)CCCC1CCC2C(C)C(C3(C)CCCCC3CC)CCC12C.CC.CC.CC. The maximum absolute atomic E-state index is 4.11. The molecule has 0 heterocycles. The number of allylic oxidation sites excluding steroid dienone is 1. The zero-order valence-corrected chi connectivity index (χ0v) is 24.6. The molecule has 200 valence electrons. The highest BCUT2D eigenvalue weighted by Gasteiger charge is 2.56. The van der Waals surface area contributed by atoms with Crippen molar-refractivity contribution >= 4 is 0 Å². The van der Waals surface area contributed by atoms with Gasteiger partial charge in [0.1, 0.15) is 0 Å². The first-order valence-corrected chi connectivity index (χ1v) is 15.0. The monoisotopic (exact) mass is 465 g/mol. The van der Waals surface area contributed by atoms with Crippen molar-refractivity contribution in [3.8, 4) is 0 Å². The Morgan fingerprint density at radius 2 is 1.33 bits per heavy atom. The summed E-state index contributed by atoms with van der Waals surface area (Å²) < 4.78 is 0. The average molecular weight is 465 g/mol. The van der Waals surface area contributed by atoms with Gasteiger partial charge in [0.2, 0.25) is 0 Å². The van der Waals surface area contributed by atoms with E-state index in [-0.39, 0.29) is 7.43 Å². The summed E-state index contributed by atoms with van der Waals surface area (Å²) in [6.45, 7) is 28.8. The van der Waals surface area contributed by atoms with Crippen LogP contribution in [0.2, 0.25) is 0 Å². The van der Waals surface area contributed by atoms with E-state index in [0.29, 0.717) is 10.8 Å². The summed E-state index contributed by atoms with van der Waals surface area (Å²) in [5.74, 6) is 4.89. The molecule has 0 nitrogen and oxygen atoms in total. The molecule has 3 saturated carbocycles. The van der Waals surface area contributed by atoms with Crippen LogP contribution < -0.4 is 0 Å². The number of hydrogen-bond acceptors (Lipinski definition) is 0. The van der Waals surface area contributed by atoms with Crippen molar-refractivity contribution in [2.45, 2.75) is 161 Å². The first-order chi connectivity index (χ1) is 15.3. The van der Waals surface area contributed by atoms with E-state index in [4.69, 9.17) is 0 Å². The van der Waals surface area contributed by atoms with Gasteiger partial charge >= 0.3 is 0 Å². The molecule has 0 aromatic carbocycles. The third-order valence-electron chi connectivity index (χ3n) is 9.82. The van der Waals surface area contributed by atoms with Crippen molar-refractivity contribution in [1.82, 2.24) is 0 Å². The van der Waals surface area contributed by atoms with Crippen LogP contribution in [-0.4, -0.2) is 0 Å². The van der Waals surface area contributed by atoms with Crippen molar-refractivity contribution in [1.29, 1.82) is 0 Å². The smallest absolute Gasteiger partial charge is 0.0266 e. The first-order valence-electron chi connectivity index (χ1n) is 15.0. The average Bonchev–Trinajstić information content (AvgIpc) is 3.15. The standard InChI is InChI=1S/C26H46.3C2H6.CH4/c1-7-21-12-8-9-17-25(21,5)24-16-18-26(6)22(13-10-11-19(2)3)14-15-23(26)20(24)4;3*1-2;/h20-24H,2,7-18H2,1,3-6H3;3*1-2H3;1H4. The Balaban J connectivity index is 0. The fourth-order valence-corrected chi connectivity index (χ4v) is 8.25. The molecule has 3 rings (SSSR count). The van der Waals surface area contributed by atoms with Gasteiger partial charge in [0.05, 0.1) is 0 Å². The number of hydrogen-bond donors (Lipinski definition) is 0. The fourth-order valence-electron chi connectivity index (χ4n) is 8.25. The molecule has 0 radical (unpaired) electrons. The summed E-state index contributed by atoms with van der Waals surface area (Å²) in [6, 6.07) is 0. The van der Waals surface area contributed by atoms with E-state index in [9.17, 15) is 0 Å². The second-order valence-corrected chi connectivity index (χ2v) is 11.1. The molecule has 0 bridgehead atoms. The number of fused-ring (bicyclic) bond motifs is 1. The van der Waals surface area contributed by atoms with E-state index in [1.54, 1.807) is 0 Å². The van der Waals surface area contributed by atoms with Crippen molar-refractivity contribution in [2.24, 2.45) is 40.4 Å². The minimum atomic E-state index is 0. The third-order valence-corrected chi connectivity index (χ3v) is 9.82. The fraction of sp³-hybridized carbons (Fsp3) is 0.939. The largest absolute Gasteiger partial charge is 0.100 e. The van der Waals surface area contributed by atoms with E-state index in [0.717, 1.165) is 29.6 Å². The molecule has 3 aliphatic rings. The molecular formula is C33H68. The van der Waals surface area contributed by atoms with E-state index in [1.807, 2.05) is 41.5 Å². The van der Waals surface area contributed by atoms with Crippen LogP contribution in [0.25, 0.3) is 0 Å². The van der Waals surface area contributed by atoms with Crippen molar-refractivity contribution in [2.75, 3.05) is 0 Å². The highest BCUT2D eigenvalue weighted by molar-refractivity contribution is 5.05. The van der Waals surface area contributed by atoms with Gasteiger partial charge in [-0.3, -0.25) is 0 Å². The predicted molar refractivity (Wildman–Crippen MR) is 156 cm³/mol. The minimum absolute atomic E-state index is 0. The summed E-state index contributed by atoms with van der Waals surface area (Å²) in [5, 5.41) is 0. The van der Waals surface area contributed by atoms with Gasteiger partial charge in [-0.25, -0.2) is 0 Å². The molecule has 0 aromatic rings. The Kier molecular flexibility index (Phi) is 18.2. The van der Waals surface area contributed by atoms with Crippen LogP contribution in [0, 0.1) is 40.4 Å². The van der Waals surface area contributed by atoms with Gasteiger partial charge < -0.3 is 0 Å². The van der Waals surface area contributed by atoms with E-state index in [2.05, 4.69) is 41.2 Å². The first kappa shape index (κ1) is 34.9. The quantitative estimate of drug-likeness (QED) is 0.343. The molecule has 7 atom stereocenters. The highest BCUT2D eigenvalue weighted by Crippen LogP contribution is 2.64. The summed E-state index contributed by atoms with van der Waals surface area (Å²) in [4.78, 5) is 0. The minimum Gasteiger partial charge on any atom is -0.100 e. The molecule has 3 aliphatic carbocycles. The van der Waals surface area contributed by atoms with Crippen LogP contribution in [-0.2, 0) is 0 Å². The van der Waals surface area contributed by atoms with Crippen LogP contribution >= 0.6 is 0 Å². The lowest BCUT2D eigenvalue weighted by atomic mass is 9.49. The maximum atomic E-state index is 4.11. The topological polar surface area (TPSA) is 0 Å². The molecule has 3 fully saturated rings. The normalized spacial score (nSPS) is 36.9. The van der Waals surface area contributed by atoms with Gasteiger partial charge in [-0.2, -0.15) is 0 Å². The third kappa shape index (κ3) is 8.14. The van der Waals surface area contributed by atoms with Crippen LogP contribution in [0.15, 0.2) is 12.2 Å². The summed E-state index contributed by atoms with van der Waals surface area (Å²) in [5.41, 5.74) is 2.64. The maximum Gasteiger partial charge on any atom is -0.0266 e. The van der Waals surface area contributed by atoms with Gasteiger partial charge in [-0.1, -0.05) is 101 Å².